The summed E-state index contributed by atoms with van der Waals surface area (Å²) in [6.45, 7) is 8.27. The SMILES string of the molecule is CCCn1cc(CNCCN(C)C)c(C)n1. The second-order valence-corrected chi connectivity index (χ2v) is 4.48. The van der Waals surface area contributed by atoms with E-state index in [1.165, 1.54) is 5.56 Å². The molecule has 0 saturated carbocycles. The monoisotopic (exact) mass is 224 g/mol. The van der Waals surface area contributed by atoms with E-state index in [1.54, 1.807) is 0 Å². The van der Waals surface area contributed by atoms with Crippen molar-refractivity contribution in [1.82, 2.24) is 20.0 Å². The highest BCUT2D eigenvalue weighted by Gasteiger charge is 2.03. The average molecular weight is 224 g/mol. The second kappa shape index (κ2) is 6.66. The largest absolute Gasteiger partial charge is 0.311 e. The molecule has 0 atom stereocenters. The van der Waals surface area contributed by atoms with E-state index in [2.05, 4.69) is 49.5 Å². The molecule has 0 fully saturated rings. The number of nitrogens with zero attached hydrogens (tertiary/aromatic N) is 3. The van der Waals surface area contributed by atoms with Crippen molar-refractivity contribution in [3.63, 3.8) is 0 Å². The molecular formula is C12H24N4. The Morgan fingerprint density at radius 1 is 1.44 bits per heavy atom. The topological polar surface area (TPSA) is 33.1 Å². The van der Waals surface area contributed by atoms with E-state index < -0.39 is 0 Å². The maximum Gasteiger partial charge on any atom is 0.0638 e. The Bertz CT molecular complexity index is 304. The van der Waals surface area contributed by atoms with Gasteiger partial charge in [0.2, 0.25) is 0 Å². The molecule has 1 heterocycles. The molecule has 92 valence electrons. The maximum absolute atomic E-state index is 4.48. The zero-order chi connectivity index (χ0) is 12.0. The molecule has 0 aromatic carbocycles. The number of likely N-dealkylation sites (N-methyl/N-ethyl adjacent to an activating group) is 1. The van der Waals surface area contributed by atoms with E-state index >= 15 is 0 Å². The number of rotatable bonds is 7. The minimum absolute atomic E-state index is 0.920. The van der Waals surface area contributed by atoms with E-state index in [1.807, 2.05) is 4.68 Å². The third-order valence-electron chi connectivity index (χ3n) is 2.55. The van der Waals surface area contributed by atoms with Gasteiger partial charge in [0.1, 0.15) is 0 Å². The number of nitrogens with one attached hydrogen (secondary N) is 1. The van der Waals surface area contributed by atoms with Crippen LogP contribution < -0.4 is 5.32 Å². The molecule has 0 aliphatic rings. The van der Waals surface area contributed by atoms with E-state index in [9.17, 15) is 0 Å². The third-order valence-corrected chi connectivity index (χ3v) is 2.55. The van der Waals surface area contributed by atoms with E-state index in [4.69, 9.17) is 0 Å². The fourth-order valence-corrected chi connectivity index (χ4v) is 1.60. The van der Waals surface area contributed by atoms with Gasteiger partial charge in [-0.05, 0) is 27.4 Å². The van der Waals surface area contributed by atoms with Crippen molar-refractivity contribution in [2.45, 2.75) is 33.4 Å². The molecule has 4 heteroatoms. The lowest BCUT2D eigenvalue weighted by Crippen LogP contribution is -2.26. The standard InChI is InChI=1S/C12H24N4/c1-5-7-16-10-12(11(2)14-16)9-13-6-8-15(3)4/h10,13H,5-9H2,1-4H3. The van der Waals surface area contributed by atoms with Crippen molar-refractivity contribution in [1.29, 1.82) is 0 Å². The molecule has 1 aromatic heterocycles. The Kier molecular flexibility index (Phi) is 5.49. The molecule has 0 aliphatic heterocycles. The molecule has 4 nitrogen and oxygen atoms in total. The van der Waals surface area contributed by atoms with Gasteiger partial charge < -0.3 is 10.2 Å². The predicted octanol–water partition coefficient (Wildman–Crippen LogP) is 1.25. The highest BCUT2D eigenvalue weighted by molar-refractivity contribution is 5.14. The summed E-state index contributed by atoms with van der Waals surface area (Å²) in [5, 5.41) is 7.91. The van der Waals surface area contributed by atoms with Gasteiger partial charge in [-0.1, -0.05) is 6.92 Å². The zero-order valence-corrected chi connectivity index (χ0v) is 11.0. The molecular weight excluding hydrogens is 200 g/mol. The molecule has 1 aromatic rings. The maximum atomic E-state index is 4.48. The molecule has 1 N–H and O–H groups in total. The normalized spacial score (nSPS) is 11.3. The first-order valence-electron chi connectivity index (χ1n) is 6.02. The first-order chi connectivity index (χ1) is 7.63. The quantitative estimate of drug-likeness (QED) is 0.708. The lowest BCUT2D eigenvalue weighted by atomic mass is 10.2. The number of aryl methyl sites for hydroxylation is 2. The van der Waals surface area contributed by atoms with Crippen molar-refractivity contribution in [2.24, 2.45) is 0 Å². The number of aromatic nitrogens is 2. The summed E-state index contributed by atoms with van der Waals surface area (Å²) < 4.78 is 2.04. The summed E-state index contributed by atoms with van der Waals surface area (Å²) in [7, 11) is 4.18. The molecule has 0 aliphatic carbocycles. The van der Waals surface area contributed by atoms with Crippen LogP contribution in [0, 0.1) is 6.92 Å². The van der Waals surface area contributed by atoms with Crippen LogP contribution in [0.5, 0.6) is 0 Å². The highest BCUT2D eigenvalue weighted by Crippen LogP contribution is 2.05. The lowest BCUT2D eigenvalue weighted by molar-refractivity contribution is 0.400. The Morgan fingerprint density at radius 2 is 2.19 bits per heavy atom. The van der Waals surface area contributed by atoms with Gasteiger partial charge in [0.15, 0.2) is 0 Å². The molecule has 0 unspecified atom stereocenters. The van der Waals surface area contributed by atoms with E-state index in [0.717, 1.165) is 38.3 Å². The first-order valence-corrected chi connectivity index (χ1v) is 6.02. The molecule has 16 heavy (non-hydrogen) atoms. The van der Waals surface area contributed by atoms with Gasteiger partial charge in [-0.3, -0.25) is 4.68 Å². The van der Waals surface area contributed by atoms with Crippen molar-refractivity contribution < 1.29 is 0 Å². The lowest BCUT2D eigenvalue weighted by Gasteiger charge is -2.09. The van der Waals surface area contributed by atoms with E-state index in [-0.39, 0.29) is 0 Å². The van der Waals surface area contributed by atoms with Crippen LogP contribution in [0.15, 0.2) is 6.20 Å². The van der Waals surface area contributed by atoms with Crippen molar-refractivity contribution >= 4 is 0 Å². The Labute approximate surface area is 98.6 Å². The van der Waals surface area contributed by atoms with Gasteiger partial charge in [0, 0.05) is 37.9 Å². The van der Waals surface area contributed by atoms with Crippen LogP contribution in [0.1, 0.15) is 24.6 Å². The van der Waals surface area contributed by atoms with Gasteiger partial charge in [-0.15, -0.1) is 0 Å². The zero-order valence-electron chi connectivity index (χ0n) is 11.0. The summed E-state index contributed by atoms with van der Waals surface area (Å²) in [6.07, 6.45) is 3.29. The predicted molar refractivity (Wildman–Crippen MR) is 67.5 cm³/mol. The van der Waals surface area contributed by atoms with Gasteiger partial charge in [-0.2, -0.15) is 5.10 Å². The van der Waals surface area contributed by atoms with Gasteiger partial charge >= 0.3 is 0 Å². The minimum Gasteiger partial charge on any atom is -0.311 e. The van der Waals surface area contributed by atoms with Crippen LogP contribution in [0.3, 0.4) is 0 Å². The Morgan fingerprint density at radius 3 is 2.81 bits per heavy atom. The summed E-state index contributed by atoms with van der Waals surface area (Å²) in [5.41, 5.74) is 2.46. The van der Waals surface area contributed by atoms with Crippen molar-refractivity contribution in [2.75, 3.05) is 27.2 Å². The van der Waals surface area contributed by atoms with Crippen LogP contribution in [0.4, 0.5) is 0 Å². The Balaban J connectivity index is 2.35. The average Bonchev–Trinajstić information content (AvgIpc) is 2.54. The molecule has 0 saturated heterocycles. The summed E-state index contributed by atoms with van der Waals surface area (Å²) in [5.74, 6) is 0. The highest BCUT2D eigenvalue weighted by atomic mass is 15.3. The molecule has 0 spiro atoms. The van der Waals surface area contributed by atoms with Crippen molar-refractivity contribution in [3.8, 4) is 0 Å². The molecule has 0 amide bonds. The number of hydrogen-bond donors (Lipinski definition) is 1. The molecule has 0 bridgehead atoms. The third kappa shape index (κ3) is 4.33. The Hall–Kier alpha value is -0.870. The smallest absolute Gasteiger partial charge is 0.0638 e. The fraction of sp³-hybridized carbons (Fsp3) is 0.750. The molecule has 1 rings (SSSR count). The van der Waals surface area contributed by atoms with Crippen LogP contribution in [0.2, 0.25) is 0 Å². The summed E-state index contributed by atoms with van der Waals surface area (Å²) >= 11 is 0. The van der Waals surface area contributed by atoms with Crippen LogP contribution >= 0.6 is 0 Å². The van der Waals surface area contributed by atoms with Crippen LogP contribution in [-0.4, -0.2) is 41.9 Å². The summed E-state index contributed by atoms with van der Waals surface area (Å²) in [6, 6.07) is 0. The van der Waals surface area contributed by atoms with Crippen LogP contribution in [-0.2, 0) is 13.1 Å². The number of hydrogen-bond acceptors (Lipinski definition) is 3. The second-order valence-electron chi connectivity index (χ2n) is 4.48. The van der Waals surface area contributed by atoms with Gasteiger partial charge in [0.25, 0.3) is 0 Å². The van der Waals surface area contributed by atoms with E-state index in [0.29, 0.717) is 0 Å². The molecule has 0 radical (unpaired) electrons. The fourth-order valence-electron chi connectivity index (χ4n) is 1.60. The van der Waals surface area contributed by atoms with Gasteiger partial charge in [-0.25, -0.2) is 0 Å². The summed E-state index contributed by atoms with van der Waals surface area (Å²) in [4.78, 5) is 2.18. The van der Waals surface area contributed by atoms with Crippen molar-refractivity contribution in [3.05, 3.63) is 17.5 Å². The van der Waals surface area contributed by atoms with Gasteiger partial charge in [0.05, 0.1) is 5.69 Å². The minimum atomic E-state index is 0.920. The first kappa shape index (κ1) is 13.2. The van der Waals surface area contributed by atoms with Crippen LogP contribution in [0.25, 0.3) is 0 Å².